The van der Waals surface area contributed by atoms with Crippen LogP contribution in [0.5, 0.6) is 0 Å². The first-order chi connectivity index (χ1) is 1.73. The predicted molar refractivity (Wildman–Crippen MR) is 23.3 cm³/mol. The maximum absolute atomic E-state index is 5.00. The molecule has 0 saturated carbocycles. The summed E-state index contributed by atoms with van der Waals surface area (Å²) in [6, 6.07) is 0. The Kier molecular flexibility index (Phi) is 4.09. The van der Waals surface area contributed by atoms with E-state index in [0.29, 0.717) is 0 Å². The molecule has 0 amide bonds. The summed E-state index contributed by atoms with van der Waals surface area (Å²) < 4.78 is 0. The van der Waals surface area contributed by atoms with Gasteiger partial charge in [0.1, 0.15) is 0 Å². The van der Waals surface area contributed by atoms with E-state index >= 15 is 0 Å². The molecule has 4 heavy (non-hydrogen) atoms. The van der Waals surface area contributed by atoms with Gasteiger partial charge in [0.25, 0.3) is 0 Å². The van der Waals surface area contributed by atoms with Crippen LogP contribution in [0.1, 0.15) is 0 Å². The first-order valence-corrected chi connectivity index (χ1v) is 11.4. The molecule has 0 atom stereocenters. The summed E-state index contributed by atoms with van der Waals surface area (Å²) in [6.07, 6.45) is 0. The van der Waals surface area contributed by atoms with Crippen molar-refractivity contribution in [1.82, 2.24) is 0 Å². The van der Waals surface area contributed by atoms with Gasteiger partial charge in [-0.05, 0) is 0 Å². The summed E-state index contributed by atoms with van der Waals surface area (Å²) in [7, 11) is 15.0. The third kappa shape index (κ3) is 9.38. The second kappa shape index (κ2) is 2.88. The van der Waals surface area contributed by atoms with Gasteiger partial charge < -0.3 is 0 Å². The van der Waals surface area contributed by atoms with E-state index < -0.39 is 16.4 Å². The van der Waals surface area contributed by atoms with Gasteiger partial charge in [-0.25, -0.2) is 0 Å². The average molecular weight is 225 g/mol. The molecule has 4 heteroatoms. The van der Waals surface area contributed by atoms with Crippen molar-refractivity contribution < 1.29 is 0 Å². The van der Waals surface area contributed by atoms with Crippen LogP contribution in [-0.2, 0) is 0 Å². The van der Waals surface area contributed by atoms with Crippen molar-refractivity contribution in [2.75, 3.05) is 0 Å². The second-order valence-corrected chi connectivity index (χ2v) is 12.9. The molecule has 0 rings (SSSR count). The SMILES string of the molecule is [Cl][Sn-]([Cl])[Cl]. The fourth-order valence-corrected chi connectivity index (χ4v) is 0. The van der Waals surface area contributed by atoms with Crippen LogP contribution >= 0.6 is 26.8 Å². The minimum absolute atomic E-state index is 2.13. The average Bonchev–Trinajstić information content (AvgIpc) is 0.811. The summed E-state index contributed by atoms with van der Waals surface area (Å²) in [4.78, 5) is 0. The summed E-state index contributed by atoms with van der Waals surface area (Å²) >= 11 is -2.13. The Bertz CT molecular complexity index is 8.00. The van der Waals surface area contributed by atoms with Gasteiger partial charge in [0.2, 0.25) is 0 Å². The van der Waals surface area contributed by atoms with Crippen LogP contribution in [0.2, 0.25) is 0 Å². The molecule has 0 aromatic heterocycles. The monoisotopic (exact) mass is 225 g/mol. The molecule has 0 fully saturated rings. The van der Waals surface area contributed by atoms with Crippen molar-refractivity contribution in [3.8, 4) is 0 Å². The van der Waals surface area contributed by atoms with Gasteiger partial charge in [-0.1, -0.05) is 0 Å². The molecular formula is Cl3Sn-. The van der Waals surface area contributed by atoms with Gasteiger partial charge in [0.15, 0.2) is 0 Å². The fourth-order valence-electron chi connectivity index (χ4n) is 0. The molecule has 0 saturated heterocycles. The van der Waals surface area contributed by atoms with Crippen molar-refractivity contribution in [1.29, 1.82) is 0 Å². The van der Waals surface area contributed by atoms with Crippen LogP contribution < -0.4 is 0 Å². The maximum atomic E-state index is 5.00. The first-order valence-electron chi connectivity index (χ1n) is 0.567. The van der Waals surface area contributed by atoms with Gasteiger partial charge in [-0.3, -0.25) is 0 Å². The standard InChI is InChI=1S/3ClH.Sn/h3*1H;/q;;;+2/p-3. The molecular weight excluding hydrogens is 225 g/mol. The topological polar surface area (TPSA) is 0 Å². The third-order valence-electron chi connectivity index (χ3n) is 0. The zero-order chi connectivity index (χ0) is 3.58. The predicted octanol–water partition coefficient (Wildman–Crippen LogP) is 1.69. The Labute approximate surface area is 42.9 Å². The number of hydrogen-bond donors (Lipinski definition) is 0. The van der Waals surface area contributed by atoms with E-state index in [1.165, 1.54) is 0 Å². The molecule has 0 aromatic carbocycles. The normalized spacial score (nSPS) is 9.00. The summed E-state index contributed by atoms with van der Waals surface area (Å²) in [6.45, 7) is 0. The van der Waals surface area contributed by atoms with Crippen LogP contribution in [0.25, 0.3) is 0 Å². The Balaban J connectivity index is 2.32. The molecule has 0 radical (unpaired) electrons. The number of halogens is 3. The molecule has 0 heterocycles. The number of hydrogen-bond acceptors (Lipinski definition) is 0. The Hall–Kier alpha value is 1.67. The van der Waals surface area contributed by atoms with E-state index in [9.17, 15) is 0 Å². The Morgan fingerprint density at radius 3 is 1.00 bits per heavy atom. The molecule has 0 aliphatic rings. The molecule has 0 aliphatic carbocycles. The second-order valence-electron chi connectivity index (χ2n) is 0.214. The Morgan fingerprint density at radius 1 is 1.00 bits per heavy atom. The van der Waals surface area contributed by atoms with Gasteiger partial charge in [-0.15, -0.1) is 0 Å². The van der Waals surface area contributed by atoms with E-state index in [1.807, 2.05) is 0 Å². The molecule has 0 unspecified atom stereocenters. The molecule has 26 valence electrons. The molecule has 0 aromatic rings. The van der Waals surface area contributed by atoms with Gasteiger partial charge in [0, 0.05) is 0 Å². The van der Waals surface area contributed by atoms with Crippen LogP contribution in [0.4, 0.5) is 0 Å². The third-order valence-corrected chi connectivity index (χ3v) is 0. The molecule has 0 bridgehead atoms. The van der Waals surface area contributed by atoms with Crippen LogP contribution in [-0.4, -0.2) is 16.4 Å². The fraction of sp³-hybridized carbons (Fsp3) is 0. The van der Waals surface area contributed by atoms with Crippen molar-refractivity contribution in [2.45, 2.75) is 0 Å². The van der Waals surface area contributed by atoms with E-state index in [0.717, 1.165) is 0 Å². The van der Waals surface area contributed by atoms with E-state index in [-0.39, 0.29) is 0 Å². The van der Waals surface area contributed by atoms with Crippen molar-refractivity contribution >= 4 is 43.1 Å². The van der Waals surface area contributed by atoms with Crippen LogP contribution in [0.3, 0.4) is 0 Å². The van der Waals surface area contributed by atoms with E-state index in [2.05, 4.69) is 0 Å². The molecule has 0 spiro atoms. The molecule has 0 aliphatic heterocycles. The zero-order valence-corrected chi connectivity index (χ0v) is 6.76. The Morgan fingerprint density at radius 2 is 1.00 bits per heavy atom. The van der Waals surface area contributed by atoms with Crippen molar-refractivity contribution in [3.63, 3.8) is 0 Å². The van der Waals surface area contributed by atoms with Crippen molar-refractivity contribution in [3.05, 3.63) is 0 Å². The minimum atomic E-state index is -2.13. The van der Waals surface area contributed by atoms with E-state index in [4.69, 9.17) is 26.8 Å². The van der Waals surface area contributed by atoms with Crippen LogP contribution in [0.15, 0.2) is 0 Å². The van der Waals surface area contributed by atoms with Crippen molar-refractivity contribution in [2.24, 2.45) is 0 Å². The quantitative estimate of drug-likeness (QED) is 0.550. The zero-order valence-electron chi connectivity index (χ0n) is 1.63. The van der Waals surface area contributed by atoms with Crippen LogP contribution in [0, 0.1) is 0 Å². The van der Waals surface area contributed by atoms with Gasteiger partial charge >= 0.3 is 43.1 Å². The number of rotatable bonds is 0. The summed E-state index contributed by atoms with van der Waals surface area (Å²) in [5.41, 5.74) is 0. The summed E-state index contributed by atoms with van der Waals surface area (Å²) in [5.74, 6) is 0. The van der Waals surface area contributed by atoms with E-state index in [1.54, 1.807) is 0 Å². The molecule has 0 N–H and O–H groups in total. The molecule has 0 nitrogen and oxygen atoms in total. The van der Waals surface area contributed by atoms with Gasteiger partial charge in [0.05, 0.1) is 0 Å². The van der Waals surface area contributed by atoms with Gasteiger partial charge in [-0.2, -0.15) is 0 Å². The first kappa shape index (κ1) is 5.67. The summed E-state index contributed by atoms with van der Waals surface area (Å²) in [5, 5.41) is 0.